The molecular weight excluding hydrogens is 206 g/mol. The first kappa shape index (κ1) is 9.47. The molecule has 1 unspecified atom stereocenters. The zero-order valence-electron chi connectivity index (χ0n) is 8.77. The van der Waals surface area contributed by atoms with Crippen LogP contribution < -0.4 is 16.8 Å². The van der Waals surface area contributed by atoms with Crippen molar-refractivity contribution in [2.45, 2.75) is 12.5 Å². The molecule has 0 saturated carbocycles. The molecule has 0 aliphatic carbocycles. The van der Waals surface area contributed by atoms with Gasteiger partial charge in [0, 0.05) is 6.54 Å². The van der Waals surface area contributed by atoms with Crippen molar-refractivity contribution in [1.29, 1.82) is 0 Å². The molecule has 1 atom stereocenters. The van der Waals surface area contributed by atoms with E-state index < -0.39 is 0 Å². The monoisotopic (exact) mass is 219 g/mol. The molecule has 5 heteroatoms. The summed E-state index contributed by atoms with van der Waals surface area (Å²) in [5, 5.41) is 3.23. The van der Waals surface area contributed by atoms with Gasteiger partial charge < -0.3 is 15.5 Å². The average molecular weight is 219 g/mol. The second-order valence-electron chi connectivity index (χ2n) is 4.08. The van der Waals surface area contributed by atoms with Gasteiger partial charge in [0.2, 0.25) is 0 Å². The number of fused-ring (bicyclic) bond motifs is 1. The van der Waals surface area contributed by atoms with E-state index >= 15 is 0 Å². The molecule has 1 aromatic carbocycles. The summed E-state index contributed by atoms with van der Waals surface area (Å²) in [6.07, 6.45) is 0.948. The van der Waals surface area contributed by atoms with Gasteiger partial charge >= 0.3 is 5.76 Å². The zero-order chi connectivity index (χ0) is 11.1. The number of oxazole rings is 1. The summed E-state index contributed by atoms with van der Waals surface area (Å²) in [6, 6.07) is 5.62. The highest BCUT2D eigenvalue weighted by Crippen LogP contribution is 2.24. The van der Waals surface area contributed by atoms with E-state index in [2.05, 4.69) is 5.32 Å². The SMILES string of the molecule is Nc1cccc2c1oc(=O)n2C1CCNC1. The minimum absolute atomic E-state index is 0.176. The Bertz CT molecular complexity index is 578. The predicted molar refractivity (Wildman–Crippen MR) is 61.4 cm³/mol. The molecule has 1 aliphatic heterocycles. The molecule has 1 aliphatic rings. The third-order valence-corrected chi connectivity index (χ3v) is 3.07. The third-order valence-electron chi connectivity index (χ3n) is 3.07. The Morgan fingerprint density at radius 3 is 3.12 bits per heavy atom. The number of benzene rings is 1. The fourth-order valence-electron chi connectivity index (χ4n) is 2.28. The Kier molecular flexibility index (Phi) is 2.00. The molecule has 0 bridgehead atoms. The molecular formula is C11H13N3O2. The number of rotatable bonds is 1. The van der Waals surface area contributed by atoms with Crippen molar-refractivity contribution in [3.8, 4) is 0 Å². The quantitative estimate of drug-likeness (QED) is 0.693. The Balaban J connectivity index is 2.27. The lowest BCUT2D eigenvalue weighted by Gasteiger charge is -2.08. The fourth-order valence-corrected chi connectivity index (χ4v) is 2.28. The number of aromatic nitrogens is 1. The lowest BCUT2D eigenvalue weighted by molar-refractivity contribution is 0.459. The van der Waals surface area contributed by atoms with Crippen LogP contribution in [0.15, 0.2) is 27.4 Å². The molecule has 3 N–H and O–H groups in total. The maximum Gasteiger partial charge on any atom is 0.420 e. The Morgan fingerprint density at radius 1 is 1.50 bits per heavy atom. The fraction of sp³-hybridized carbons (Fsp3) is 0.364. The summed E-state index contributed by atoms with van der Waals surface area (Å²) in [5.74, 6) is -0.318. The van der Waals surface area contributed by atoms with Crippen molar-refractivity contribution in [2.75, 3.05) is 18.8 Å². The van der Waals surface area contributed by atoms with E-state index in [0.29, 0.717) is 11.3 Å². The summed E-state index contributed by atoms with van der Waals surface area (Å²) >= 11 is 0. The largest absolute Gasteiger partial charge is 0.420 e. The van der Waals surface area contributed by atoms with Crippen molar-refractivity contribution in [3.63, 3.8) is 0 Å². The highest BCUT2D eigenvalue weighted by molar-refractivity contribution is 5.85. The summed E-state index contributed by atoms with van der Waals surface area (Å²) in [6.45, 7) is 1.75. The first-order chi connectivity index (χ1) is 7.77. The minimum atomic E-state index is -0.318. The van der Waals surface area contributed by atoms with E-state index in [1.807, 2.05) is 12.1 Å². The number of nitrogens with zero attached hydrogens (tertiary/aromatic N) is 1. The van der Waals surface area contributed by atoms with Crippen LogP contribution in [0.4, 0.5) is 5.69 Å². The van der Waals surface area contributed by atoms with E-state index in [9.17, 15) is 4.79 Å². The summed E-state index contributed by atoms with van der Waals surface area (Å²) in [4.78, 5) is 11.8. The summed E-state index contributed by atoms with van der Waals surface area (Å²) < 4.78 is 6.90. The first-order valence-corrected chi connectivity index (χ1v) is 5.37. The van der Waals surface area contributed by atoms with Crippen LogP contribution in [-0.2, 0) is 0 Å². The number of nitrogens with two attached hydrogens (primary N) is 1. The maximum atomic E-state index is 11.8. The molecule has 0 radical (unpaired) electrons. The second kappa shape index (κ2) is 3.38. The van der Waals surface area contributed by atoms with E-state index in [1.54, 1.807) is 10.6 Å². The van der Waals surface area contributed by atoms with Crippen molar-refractivity contribution in [2.24, 2.45) is 0 Å². The molecule has 3 rings (SSSR count). The lowest BCUT2D eigenvalue weighted by atomic mass is 10.2. The van der Waals surface area contributed by atoms with Gasteiger partial charge in [0.25, 0.3) is 0 Å². The average Bonchev–Trinajstić information content (AvgIpc) is 2.85. The van der Waals surface area contributed by atoms with E-state index in [1.165, 1.54) is 0 Å². The van der Waals surface area contributed by atoms with Crippen LogP contribution in [-0.4, -0.2) is 17.7 Å². The van der Waals surface area contributed by atoms with Gasteiger partial charge in [-0.25, -0.2) is 4.79 Å². The van der Waals surface area contributed by atoms with Crippen LogP contribution in [0.5, 0.6) is 0 Å². The number of nitrogens with one attached hydrogen (secondary N) is 1. The molecule has 5 nitrogen and oxygen atoms in total. The molecule has 84 valence electrons. The number of hydrogen-bond donors (Lipinski definition) is 2. The van der Waals surface area contributed by atoms with Gasteiger partial charge in [-0.1, -0.05) is 6.07 Å². The molecule has 1 fully saturated rings. The molecule has 16 heavy (non-hydrogen) atoms. The van der Waals surface area contributed by atoms with E-state index in [4.69, 9.17) is 10.2 Å². The number of hydrogen-bond acceptors (Lipinski definition) is 4. The standard InChI is InChI=1S/C11H13N3O2/c12-8-2-1-3-9-10(8)16-11(15)14(9)7-4-5-13-6-7/h1-3,7,13H,4-6,12H2. The Labute approximate surface area is 91.8 Å². The van der Waals surface area contributed by atoms with Gasteiger partial charge in [-0.15, -0.1) is 0 Å². The van der Waals surface area contributed by atoms with Crippen LogP contribution in [0.3, 0.4) is 0 Å². The van der Waals surface area contributed by atoms with E-state index in [0.717, 1.165) is 25.0 Å². The van der Waals surface area contributed by atoms with Gasteiger partial charge in [-0.05, 0) is 25.1 Å². The highest BCUT2D eigenvalue weighted by Gasteiger charge is 2.22. The maximum absolute atomic E-state index is 11.8. The first-order valence-electron chi connectivity index (χ1n) is 5.37. The van der Waals surface area contributed by atoms with Crippen molar-refractivity contribution in [1.82, 2.24) is 9.88 Å². The van der Waals surface area contributed by atoms with Crippen LogP contribution >= 0.6 is 0 Å². The lowest BCUT2D eigenvalue weighted by Crippen LogP contribution is -2.22. The van der Waals surface area contributed by atoms with E-state index in [-0.39, 0.29) is 11.8 Å². The van der Waals surface area contributed by atoms with Crippen LogP contribution in [0, 0.1) is 0 Å². The molecule has 1 saturated heterocycles. The topological polar surface area (TPSA) is 73.2 Å². The number of para-hydroxylation sites is 1. The number of anilines is 1. The van der Waals surface area contributed by atoms with Gasteiger partial charge in [-0.2, -0.15) is 0 Å². The smallest absolute Gasteiger partial charge is 0.405 e. The second-order valence-corrected chi connectivity index (χ2v) is 4.08. The highest BCUT2D eigenvalue weighted by atomic mass is 16.4. The zero-order valence-corrected chi connectivity index (χ0v) is 8.77. The van der Waals surface area contributed by atoms with Crippen molar-refractivity contribution < 1.29 is 4.42 Å². The summed E-state index contributed by atoms with van der Waals surface area (Å²) in [7, 11) is 0. The van der Waals surface area contributed by atoms with Crippen LogP contribution in [0.1, 0.15) is 12.5 Å². The third kappa shape index (κ3) is 1.25. The van der Waals surface area contributed by atoms with Gasteiger partial charge in [0.1, 0.15) is 0 Å². The molecule has 2 heterocycles. The van der Waals surface area contributed by atoms with Crippen molar-refractivity contribution >= 4 is 16.8 Å². The van der Waals surface area contributed by atoms with Crippen LogP contribution in [0.25, 0.3) is 11.1 Å². The number of nitrogen functional groups attached to an aromatic ring is 1. The van der Waals surface area contributed by atoms with Gasteiger partial charge in [-0.3, -0.25) is 4.57 Å². The van der Waals surface area contributed by atoms with Crippen LogP contribution in [0.2, 0.25) is 0 Å². The van der Waals surface area contributed by atoms with Gasteiger partial charge in [0.15, 0.2) is 5.58 Å². The molecule has 0 spiro atoms. The molecule has 0 amide bonds. The summed E-state index contributed by atoms with van der Waals surface area (Å²) in [5.41, 5.74) is 7.58. The Morgan fingerprint density at radius 2 is 2.38 bits per heavy atom. The molecule has 2 aromatic rings. The van der Waals surface area contributed by atoms with Gasteiger partial charge in [0.05, 0.1) is 17.2 Å². The predicted octanol–water partition coefficient (Wildman–Crippen LogP) is 0.711. The molecule has 1 aromatic heterocycles. The van der Waals surface area contributed by atoms with Crippen molar-refractivity contribution in [3.05, 3.63) is 28.7 Å². The normalized spacial score (nSPS) is 20.6. The Hall–Kier alpha value is -1.75. The minimum Gasteiger partial charge on any atom is -0.405 e.